The van der Waals surface area contributed by atoms with Crippen LogP contribution in [0.25, 0.3) is 11.5 Å². The van der Waals surface area contributed by atoms with Gasteiger partial charge in [-0.1, -0.05) is 0 Å². The van der Waals surface area contributed by atoms with Gasteiger partial charge in [-0.25, -0.2) is 4.98 Å². The molecule has 2 aromatic heterocycles. The molecule has 0 saturated carbocycles. The number of halogens is 1. The van der Waals surface area contributed by atoms with Gasteiger partial charge in [-0.2, -0.15) is 0 Å². The van der Waals surface area contributed by atoms with E-state index in [0.29, 0.717) is 5.89 Å². The molecule has 12 heavy (non-hydrogen) atoms. The number of pyridine rings is 1. The minimum absolute atomic E-state index is 0.579. The van der Waals surface area contributed by atoms with Crippen molar-refractivity contribution in [2.75, 3.05) is 0 Å². The van der Waals surface area contributed by atoms with Crippen LogP contribution >= 0.6 is 15.9 Å². The quantitative estimate of drug-likeness (QED) is 0.748. The zero-order chi connectivity index (χ0) is 8.39. The largest absolute Gasteiger partial charge is 0.444 e. The Bertz CT molecular complexity index is 372. The summed E-state index contributed by atoms with van der Waals surface area (Å²) in [5.74, 6) is 0.579. The first kappa shape index (κ1) is 7.49. The van der Waals surface area contributed by atoms with Gasteiger partial charge in [0.25, 0.3) is 0 Å². The minimum atomic E-state index is 0.579. The van der Waals surface area contributed by atoms with E-state index in [1.807, 2.05) is 6.07 Å². The molecule has 0 fully saturated rings. The highest BCUT2D eigenvalue weighted by Crippen LogP contribution is 2.24. The van der Waals surface area contributed by atoms with Gasteiger partial charge in [0.1, 0.15) is 6.26 Å². The smallest absolute Gasteiger partial charge is 0.228 e. The van der Waals surface area contributed by atoms with Crippen molar-refractivity contribution in [1.82, 2.24) is 9.97 Å². The summed E-state index contributed by atoms with van der Waals surface area (Å²) in [5.41, 5.74) is 0.863. The lowest BCUT2D eigenvalue weighted by atomic mass is 10.3. The van der Waals surface area contributed by atoms with Crippen LogP contribution in [0, 0.1) is 0 Å². The lowest BCUT2D eigenvalue weighted by molar-refractivity contribution is 0.574. The number of aromatic nitrogens is 2. The predicted molar refractivity (Wildman–Crippen MR) is 47.4 cm³/mol. The molecule has 0 aliphatic rings. The van der Waals surface area contributed by atoms with Gasteiger partial charge in [0.2, 0.25) is 5.89 Å². The number of hydrogen-bond donors (Lipinski definition) is 0. The molecule has 4 heteroatoms. The van der Waals surface area contributed by atoms with Crippen LogP contribution in [0.1, 0.15) is 0 Å². The summed E-state index contributed by atoms with van der Waals surface area (Å²) in [4.78, 5) is 7.98. The normalized spacial score (nSPS) is 10.1. The summed E-state index contributed by atoms with van der Waals surface area (Å²) in [6, 6.07) is 1.85. The van der Waals surface area contributed by atoms with Crippen molar-refractivity contribution < 1.29 is 4.42 Å². The molecule has 0 unspecified atom stereocenters. The summed E-state index contributed by atoms with van der Waals surface area (Å²) < 4.78 is 6.05. The molecule has 0 radical (unpaired) electrons. The van der Waals surface area contributed by atoms with E-state index in [9.17, 15) is 0 Å². The van der Waals surface area contributed by atoms with E-state index in [2.05, 4.69) is 25.9 Å². The molecule has 3 nitrogen and oxygen atoms in total. The number of rotatable bonds is 1. The maximum atomic E-state index is 5.12. The first-order chi connectivity index (χ1) is 5.88. The van der Waals surface area contributed by atoms with E-state index in [1.165, 1.54) is 6.26 Å². The van der Waals surface area contributed by atoms with Crippen molar-refractivity contribution in [2.45, 2.75) is 0 Å². The number of oxazole rings is 1. The second-order valence-electron chi connectivity index (χ2n) is 2.19. The van der Waals surface area contributed by atoms with Gasteiger partial charge in [-0.3, -0.25) is 4.98 Å². The third-order valence-corrected chi connectivity index (χ3v) is 2.12. The zero-order valence-electron chi connectivity index (χ0n) is 6.07. The van der Waals surface area contributed by atoms with Crippen molar-refractivity contribution in [3.8, 4) is 11.5 Å². The van der Waals surface area contributed by atoms with Gasteiger partial charge in [0.15, 0.2) is 0 Å². The van der Waals surface area contributed by atoms with Crippen LogP contribution in [-0.4, -0.2) is 9.97 Å². The Morgan fingerprint density at radius 2 is 2.25 bits per heavy atom. The molecule has 0 atom stereocenters. The monoisotopic (exact) mass is 224 g/mol. The molecule has 0 N–H and O–H groups in total. The van der Waals surface area contributed by atoms with Crippen LogP contribution in [-0.2, 0) is 0 Å². The highest BCUT2D eigenvalue weighted by molar-refractivity contribution is 9.10. The van der Waals surface area contributed by atoms with Gasteiger partial charge in [-0.05, 0) is 22.0 Å². The molecule has 2 rings (SSSR count). The van der Waals surface area contributed by atoms with Gasteiger partial charge in [-0.15, -0.1) is 0 Å². The van der Waals surface area contributed by atoms with Crippen LogP contribution in [0.2, 0.25) is 0 Å². The average molecular weight is 225 g/mol. The fraction of sp³-hybridized carbons (Fsp3) is 0. The summed E-state index contributed by atoms with van der Waals surface area (Å²) in [5, 5.41) is 0. The molecule has 0 aliphatic heterocycles. The van der Waals surface area contributed by atoms with E-state index in [4.69, 9.17) is 4.42 Å². The lowest BCUT2D eigenvalue weighted by Gasteiger charge is -1.96. The molecular weight excluding hydrogens is 220 g/mol. The van der Waals surface area contributed by atoms with E-state index in [0.717, 1.165) is 10.0 Å². The molecule has 0 aromatic carbocycles. The molecule has 0 aliphatic carbocycles. The minimum Gasteiger partial charge on any atom is -0.444 e. The van der Waals surface area contributed by atoms with E-state index < -0.39 is 0 Å². The second kappa shape index (κ2) is 3.06. The van der Waals surface area contributed by atoms with Crippen molar-refractivity contribution >= 4 is 15.9 Å². The van der Waals surface area contributed by atoms with Crippen molar-refractivity contribution in [3.05, 3.63) is 35.4 Å². The number of hydrogen-bond acceptors (Lipinski definition) is 3. The van der Waals surface area contributed by atoms with E-state index in [1.54, 1.807) is 18.6 Å². The lowest BCUT2D eigenvalue weighted by Crippen LogP contribution is -1.80. The second-order valence-corrected chi connectivity index (χ2v) is 3.05. The molecule has 0 amide bonds. The van der Waals surface area contributed by atoms with E-state index in [-0.39, 0.29) is 0 Å². The Hall–Kier alpha value is -1.16. The molecular formula is C8H5BrN2O. The highest BCUT2D eigenvalue weighted by Gasteiger charge is 2.05. The van der Waals surface area contributed by atoms with Crippen LogP contribution < -0.4 is 0 Å². The first-order valence-corrected chi connectivity index (χ1v) is 4.16. The zero-order valence-corrected chi connectivity index (χ0v) is 7.65. The van der Waals surface area contributed by atoms with Crippen LogP contribution in [0.3, 0.4) is 0 Å². The maximum absolute atomic E-state index is 5.12. The maximum Gasteiger partial charge on any atom is 0.228 e. The van der Waals surface area contributed by atoms with Gasteiger partial charge in [0.05, 0.1) is 11.8 Å². The Kier molecular flexibility index (Phi) is 1.91. The first-order valence-electron chi connectivity index (χ1n) is 3.37. The summed E-state index contributed by atoms with van der Waals surface area (Å²) in [7, 11) is 0. The molecule has 2 aromatic rings. The summed E-state index contributed by atoms with van der Waals surface area (Å²) >= 11 is 3.38. The Morgan fingerprint density at radius 3 is 2.92 bits per heavy atom. The molecule has 2 heterocycles. The molecule has 0 spiro atoms. The summed E-state index contributed by atoms with van der Waals surface area (Å²) in [6.45, 7) is 0. The predicted octanol–water partition coefficient (Wildman–Crippen LogP) is 2.50. The van der Waals surface area contributed by atoms with Crippen molar-refractivity contribution in [3.63, 3.8) is 0 Å². The standard InChI is InChI=1S/C8H5BrN2O/c9-7-1-2-10-5-6(7)8-11-3-4-12-8/h1-5H. The van der Waals surface area contributed by atoms with E-state index >= 15 is 0 Å². The van der Waals surface area contributed by atoms with Crippen LogP contribution in [0.15, 0.2) is 39.8 Å². The highest BCUT2D eigenvalue weighted by atomic mass is 79.9. The average Bonchev–Trinajstić information content (AvgIpc) is 2.57. The fourth-order valence-electron chi connectivity index (χ4n) is 0.891. The summed E-state index contributed by atoms with van der Waals surface area (Å²) in [6.07, 6.45) is 6.55. The topological polar surface area (TPSA) is 38.9 Å². The Labute approximate surface area is 77.6 Å². The fourth-order valence-corrected chi connectivity index (χ4v) is 1.28. The molecule has 60 valence electrons. The van der Waals surface area contributed by atoms with Gasteiger partial charge >= 0.3 is 0 Å². The SMILES string of the molecule is Brc1ccncc1-c1ncco1. The third-order valence-electron chi connectivity index (χ3n) is 1.43. The molecule has 0 bridgehead atoms. The van der Waals surface area contributed by atoms with Gasteiger partial charge < -0.3 is 4.42 Å². The van der Waals surface area contributed by atoms with Gasteiger partial charge in [0, 0.05) is 16.9 Å². The molecule has 0 saturated heterocycles. The Balaban J connectivity index is 2.55. The van der Waals surface area contributed by atoms with Crippen LogP contribution in [0.5, 0.6) is 0 Å². The number of nitrogens with zero attached hydrogens (tertiary/aromatic N) is 2. The van der Waals surface area contributed by atoms with Crippen molar-refractivity contribution in [1.29, 1.82) is 0 Å². The van der Waals surface area contributed by atoms with Crippen LogP contribution in [0.4, 0.5) is 0 Å². The third kappa shape index (κ3) is 1.25. The van der Waals surface area contributed by atoms with Crippen molar-refractivity contribution in [2.24, 2.45) is 0 Å². The Morgan fingerprint density at radius 1 is 1.33 bits per heavy atom.